The van der Waals surface area contributed by atoms with Crippen molar-refractivity contribution in [1.82, 2.24) is 20.5 Å². The number of aromatic nitrogens is 1. The summed E-state index contributed by atoms with van der Waals surface area (Å²) in [5, 5.41) is 17.3. The summed E-state index contributed by atoms with van der Waals surface area (Å²) < 4.78 is 15.6. The van der Waals surface area contributed by atoms with E-state index in [4.69, 9.17) is 8.83 Å². The molecule has 3 atom stereocenters. The second-order valence-electron chi connectivity index (χ2n) is 15.3. The zero-order chi connectivity index (χ0) is 37.5. The maximum absolute atomic E-state index is 6.66. The summed E-state index contributed by atoms with van der Waals surface area (Å²) in [4.78, 5) is 0. The minimum absolute atomic E-state index is 0.0445. The van der Waals surface area contributed by atoms with Crippen molar-refractivity contribution in [2.45, 2.75) is 31.0 Å². The Labute approximate surface area is 329 Å². The Kier molecular flexibility index (Phi) is 7.38. The maximum Gasteiger partial charge on any atom is 0.136 e. The molecule has 12 rings (SSSR count). The summed E-state index contributed by atoms with van der Waals surface area (Å²) in [5.41, 5.74) is 12.2. The monoisotopic (exact) mass is 738 g/mol. The van der Waals surface area contributed by atoms with E-state index in [-0.39, 0.29) is 24.5 Å². The lowest BCUT2D eigenvalue weighted by molar-refractivity contribution is 0.203. The Bertz CT molecular complexity index is 3070. The van der Waals surface area contributed by atoms with Crippen LogP contribution in [-0.4, -0.2) is 4.57 Å². The Balaban J connectivity index is 0.914. The normalized spacial score (nSPS) is 19.6. The summed E-state index contributed by atoms with van der Waals surface area (Å²) in [6.45, 7) is 0. The highest BCUT2D eigenvalue weighted by Crippen LogP contribution is 2.43. The number of fused-ring (bicyclic) bond motifs is 9. The van der Waals surface area contributed by atoms with Crippen LogP contribution in [0.5, 0.6) is 0 Å². The molecule has 3 aromatic heterocycles. The summed E-state index contributed by atoms with van der Waals surface area (Å²) in [6.07, 6.45) is 5.12. The zero-order valence-electron chi connectivity index (χ0n) is 31.0. The van der Waals surface area contributed by atoms with Gasteiger partial charge in [0.15, 0.2) is 0 Å². The Morgan fingerprint density at radius 2 is 1.12 bits per heavy atom. The topological polar surface area (TPSA) is 67.3 Å². The van der Waals surface area contributed by atoms with Crippen LogP contribution in [-0.2, 0) is 6.42 Å². The molecule has 0 saturated carbocycles. The quantitative estimate of drug-likeness (QED) is 0.164. The van der Waals surface area contributed by atoms with E-state index in [1.807, 2.05) is 0 Å². The van der Waals surface area contributed by atoms with Crippen molar-refractivity contribution in [2.24, 2.45) is 0 Å². The number of benzene rings is 7. The number of hydrogen-bond donors (Lipinski definition) is 3. The molecular weight excluding hydrogens is 701 g/mol. The van der Waals surface area contributed by atoms with E-state index in [0.29, 0.717) is 0 Å². The van der Waals surface area contributed by atoms with E-state index in [1.165, 1.54) is 38.5 Å². The highest BCUT2D eigenvalue weighted by molar-refractivity contribution is 6.13. The first-order valence-corrected chi connectivity index (χ1v) is 19.8. The lowest BCUT2D eigenvalue weighted by Gasteiger charge is -2.39. The third-order valence-corrected chi connectivity index (χ3v) is 12.1. The largest absolute Gasteiger partial charge is 0.456 e. The maximum atomic E-state index is 6.66. The molecular formula is C51H38N4O2. The summed E-state index contributed by atoms with van der Waals surface area (Å²) in [7, 11) is 0. The number of hydrogen-bond acceptors (Lipinski definition) is 5. The number of furan rings is 2. The molecule has 0 amide bonds. The number of rotatable bonds is 5. The van der Waals surface area contributed by atoms with Gasteiger partial charge in [-0.3, -0.25) is 16.0 Å². The van der Waals surface area contributed by atoms with Crippen molar-refractivity contribution in [3.05, 3.63) is 198 Å². The first-order valence-electron chi connectivity index (χ1n) is 19.8. The summed E-state index contributed by atoms with van der Waals surface area (Å²) >= 11 is 0. The molecule has 1 aliphatic carbocycles. The molecule has 10 aromatic rings. The molecule has 1 aliphatic heterocycles. The molecule has 3 unspecified atom stereocenters. The number of nitrogens with one attached hydrogen (secondary N) is 3. The van der Waals surface area contributed by atoms with Crippen LogP contribution in [0, 0.1) is 0 Å². The molecule has 0 spiro atoms. The van der Waals surface area contributed by atoms with Crippen molar-refractivity contribution in [2.75, 3.05) is 0 Å². The van der Waals surface area contributed by atoms with E-state index in [2.05, 4.69) is 196 Å². The average molecular weight is 739 g/mol. The van der Waals surface area contributed by atoms with Crippen molar-refractivity contribution >= 4 is 60.8 Å². The van der Waals surface area contributed by atoms with Gasteiger partial charge >= 0.3 is 0 Å². The second kappa shape index (κ2) is 12.9. The molecule has 6 nitrogen and oxygen atoms in total. The predicted molar refractivity (Wildman–Crippen MR) is 231 cm³/mol. The van der Waals surface area contributed by atoms with Gasteiger partial charge in [-0.2, -0.15) is 0 Å². The third kappa shape index (κ3) is 5.30. The van der Waals surface area contributed by atoms with Gasteiger partial charge in [0, 0.05) is 49.9 Å². The second-order valence-corrected chi connectivity index (χ2v) is 15.3. The molecule has 7 aromatic carbocycles. The fraction of sp³-hybridized carbons (Fsp3) is 0.0980. The predicted octanol–water partition coefficient (Wildman–Crippen LogP) is 12.1. The van der Waals surface area contributed by atoms with Crippen molar-refractivity contribution < 1.29 is 8.83 Å². The SMILES string of the molecule is C1=CC(n2c3ccccc3c3ccccc32)Cc2c1oc1ccc(-c3cccc4oc5cc(C6NC(c7ccccc7)NC(c7ccccc7)N6)ccc5c34)cc21. The fourth-order valence-electron chi connectivity index (χ4n) is 9.42. The van der Waals surface area contributed by atoms with Crippen molar-refractivity contribution in [3.8, 4) is 11.1 Å². The lowest BCUT2D eigenvalue weighted by atomic mass is 9.93. The van der Waals surface area contributed by atoms with Gasteiger partial charge in [-0.15, -0.1) is 0 Å². The van der Waals surface area contributed by atoms with Gasteiger partial charge in [-0.25, -0.2) is 0 Å². The smallest absolute Gasteiger partial charge is 0.136 e. The van der Waals surface area contributed by atoms with E-state index >= 15 is 0 Å². The molecule has 57 heavy (non-hydrogen) atoms. The van der Waals surface area contributed by atoms with Crippen LogP contribution in [0.15, 0.2) is 179 Å². The minimum Gasteiger partial charge on any atom is -0.456 e. The Morgan fingerprint density at radius 3 is 1.82 bits per heavy atom. The number of allylic oxidation sites excluding steroid dienone is 1. The number of nitrogens with zero attached hydrogens (tertiary/aromatic N) is 1. The van der Waals surface area contributed by atoms with Crippen LogP contribution in [0.2, 0.25) is 0 Å². The van der Waals surface area contributed by atoms with Crippen molar-refractivity contribution in [3.63, 3.8) is 0 Å². The van der Waals surface area contributed by atoms with Gasteiger partial charge < -0.3 is 13.4 Å². The van der Waals surface area contributed by atoms with E-state index in [0.717, 1.165) is 61.8 Å². The molecule has 4 heterocycles. The Morgan fingerprint density at radius 1 is 0.474 bits per heavy atom. The average Bonchev–Trinajstić information content (AvgIpc) is 3.95. The molecule has 2 aliphatic rings. The first-order chi connectivity index (χ1) is 28.2. The van der Waals surface area contributed by atoms with Gasteiger partial charge in [0.2, 0.25) is 0 Å². The molecule has 3 N–H and O–H groups in total. The van der Waals surface area contributed by atoms with Crippen LogP contribution in [0.3, 0.4) is 0 Å². The number of para-hydroxylation sites is 2. The molecule has 0 bridgehead atoms. The Hall–Kier alpha value is -6.70. The van der Waals surface area contributed by atoms with Crippen molar-refractivity contribution in [1.29, 1.82) is 0 Å². The minimum atomic E-state index is -0.117. The highest BCUT2D eigenvalue weighted by Gasteiger charge is 2.30. The van der Waals surface area contributed by atoms with Crippen LogP contribution in [0.4, 0.5) is 0 Å². The molecule has 1 fully saturated rings. The molecule has 0 radical (unpaired) electrons. The summed E-state index contributed by atoms with van der Waals surface area (Å²) in [5.74, 6) is 0.947. The molecule has 1 saturated heterocycles. The molecule has 6 heteroatoms. The molecule has 274 valence electrons. The van der Waals surface area contributed by atoms with E-state index in [1.54, 1.807) is 0 Å². The van der Waals surface area contributed by atoms with Crippen LogP contribution in [0.25, 0.3) is 71.9 Å². The fourth-order valence-corrected chi connectivity index (χ4v) is 9.42. The van der Waals surface area contributed by atoms with Crippen LogP contribution >= 0.6 is 0 Å². The summed E-state index contributed by atoms with van der Waals surface area (Å²) in [6, 6.07) is 58.4. The van der Waals surface area contributed by atoms with Gasteiger partial charge in [0.05, 0.1) is 24.5 Å². The van der Waals surface area contributed by atoms with Gasteiger partial charge in [0.25, 0.3) is 0 Å². The van der Waals surface area contributed by atoms with E-state index < -0.39 is 0 Å². The van der Waals surface area contributed by atoms with Gasteiger partial charge in [-0.1, -0.05) is 133 Å². The van der Waals surface area contributed by atoms with Crippen LogP contribution < -0.4 is 16.0 Å². The van der Waals surface area contributed by atoms with Gasteiger partial charge in [0.1, 0.15) is 22.5 Å². The highest BCUT2D eigenvalue weighted by atomic mass is 16.3. The third-order valence-electron chi connectivity index (χ3n) is 12.1. The van der Waals surface area contributed by atoms with Crippen LogP contribution in [0.1, 0.15) is 52.6 Å². The lowest BCUT2D eigenvalue weighted by Crippen LogP contribution is -2.54. The first kappa shape index (κ1) is 32.5. The zero-order valence-corrected chi connectivity index (χ0v) is 31.0. The van der Waals surface area contributed by atoms with Gasteiger partial charge in [-0.05, 0) is 70.3 Å². The standard InChI is InChI=1S/C51H38N4O2/c1-3-12-31(13-4-1)49-52-50(32-14-5-2-6-15-32)54-51(53-49)34-22-25-39-47(29-34)57-46-21-11-18-36(48(39)46)33-23-26-44-40(28-33)41-30-35(24-27-45(41)56-44)55-42-19-9-7-16-37(42)38-17-8-10-20-43(38)55/h1-29,35,49-54H,30H2. The van der Waals surface area contributed by atoms with E-state index in [9.17, 15) is 0 Å².